The highest BCUT2D eigenvalue weighted by molar-refractivity contribution is 7.99. The molecule has 33 heavy (non-hydrogen) atoms. The number of thioether (sulfide) groups is 1. The van der Waals surface area contributed by atoms with Crippen LogP contribution in [0.15, 0.2) is 65.8 Å². The Hall–Kier alpha value is -2.61. The molecular formula is C25H24ClN3O2S2. The highest BCUT2D eigenvalue weighted by atomic mass is 35.5. The molecule has 8 heteroatoms. The maximum atomic E-state index is 13.3. The topological polar surface area (TPSA) is 55.3 Å². The van der Waals surface area contributed by atoms with Gasteiger partial charge < -0.3 is 4.74 Å². The summed E-state index contributed by atoms with van der Waals surface area (Å²) in [5.41, 5.74) is 2.86. The number of pyridine rings is 1. The first-order valence-electron chi connectivity index (χ1n) is 10.6. The molecule has 2 heterocycles. The van der Waals surface area contributed by atoms with Crippen molar-refractivity contribution in [1.29, 1.82) is 0 Å². The van der Waals surface area contributed by atoms with Gasteiger partial charge in [-0.1, -0.05) is 29.0 Å². The number of carbonyl (C=O) groups is 1. The van der Waals surface area contributed by atoms with E-state index in [1.165, 1.54) is 11.3 Å². The third-order valence-corrected chi connectivity index (χ3v) is 7.44. The van der Waals surface area contributed by atoms with E-state index >= 15 is 0 Å². The fourth-order valence-electron chi connectivity index (χ4n) is 3.42. The van der Waals surface area contributed by atoms with E-state index < -0.39 is 0 Å². The number of hydrogen-bond donors (Lipinski definition) is 0. The molecule has 0 atom stereocenters. The number of nitrogens with zero attached hydrogens (tertiary/aromatic N) is 3. The van der Waals surface area contributed by atoms with Gasteiger partial charge in [0.05, 0.1) is 23.9 Å². The number of aromatic nitrogens is 2. The van der Waals surface area contributed by atoms with Gasteiger partial charge in [-0.2, -0.15) is 0 Å². The molecule has 0 aliphatic carbocycles. The summed E-state index contributed by atoms with van der Waals surface area (Å²) in [5, 5.41) is 1.36. The van der Waals surface area contributed by atoms with E-state index in [0.29, 0.717) is 23.1 Å². The van der Waals surface area contributed by atoms with Crippen molar-refractivity contribution in [3.05, 3.63) is 77.1 Å². The molecular weight excluding hydrogens is 474 g/mol. The van der Waals surface area contributed by atoms with E-state index in [2.05, 4.69) is 4.98 Å². The summed E-state index contributed by atoms with van der Waals surface area (Å²) in [4.78, 5) is 25.2. The van der Waals surface area contributed by atoms with Crippen LogP contribution >= 0.6 is 34.7 Å². The van der Waals surface area contributed by atoms with E-state index in [-0.39, 0.29) is 5.91 Å². The molecule has 0 N–H and O–H groups in total. The second-order valence-electron chi connectivity index (χ2n) is 7.53. The van der Waals surface area contributed by atoms with Gasteiger partial charge in [-0.05, 0) is 72.7 Å². The third kappa shape index (κ3) is 6.05. The standard InChI is InChI=1S/C25H24ClN3O2S2/c1-17-13-19(26)14-22-24(17)28-25(33-22)29(16-18-5-3-11-27-15-18)23(30)6-4-12-32-21-9-7-20(31-2)8-10-21/h3,5,7-11,13-15H,4,6,12,16H2,1-2H3. The van der Waals surface area contributed by atoms with Crippen molar-refractivity contribution in [2.45, 2.75) is 31.2 Å². The predicted molar refractivity (Wildman–Crippen MR) is 138 cm³/mol. The largest absolute Gasteiger partial charge is 0.497 e. The highest BCUT2D eigenvalue weighted by Gasteiger charge is 2.21. The first-order chi connectivity index (χ1) is 16.0. The van der Waals surface area contributed by atoms with Crippen molar-refractivity contribution in [3.63, 3.8) is 0 Å². The Labute approximate surface area is 206 Å². The number of aryl methyl sites for hydroxylation is 1. The van der Waals surface area contributed by atoms with Gasteiger partial charge in [0.2, 0.25) is 5.91 Å². The zero-order valence-corrected chi connectivity index (χ0v) is 20.8. The molecule has 0 aliphatic heterocycles. The van der Waals surface area contributed by atoms with Gasteiger partial charge >= 0.3 is 0 Å². The molecule has 2 aromatic heterocycles. The van der Waals surface area contributed by atoms with Crippen LogP contribution in [-0.4, -0.2) is 28.7 Å². The van der Waals surface area contributed by atoms with Crippen LogP contribution in [0.5, 0.6) is 5.75 Å². The molecule has 1 amide bonds. The lowest BCUT2D eigenvalue weighted by Crippen LogP contribution is -2.30. The van der Waals surface area contributed by atoms with E-state index in [4.69, 9.17) is 21.3 Å². The van der Waals surface area contributed by atoms with Crippen LogP contribution in [0.25, 0.3) is 10.2 Å². The number of fused-ring (bicyclic) bond motifs is 1. The van der Waals surface area contributed by atoms with Gasteiger partial charge in [-0.25, -0.2) is 4.98 Å². The van der Waals surface area contributed by atoms with Gasteiger partial charge in [-0.15, -0.1) is 11.8 Å². The van der Waals surface area contributed by atoms with Crippen LogP contribution in [0.2, 0.25) is 5.02 Å². The number of hydrogen-bond acceptors (Lipinski definition) is 6. The lowest BCUT2D eigenvalue weighted by atomic mass is 10.2. The van der Waals surface area contributed by atoms with Crippen LogP contribution in [0.1, 0.15) is 24.0 Å². The first kappa shape index (κ1) is 23.5. The summed E-state index contributed by atoms with van der Waals surface area (Å²) in [6.07, 6.45) is 4.73. The Bertz CT molecular complexity index is 1230. The maximum Gasteiger partial charge on any atom is 0.229 e. The molecule has 0 saturated carbocycles. The van der Waals surface area contributed by atoms with Crippen molar-refractivity contribution in [1.82, 2.24) is 9.97 Å². The zero-order valence-electron chi connectivity index (χ0n) is 18.5. The van der Waals surface area contributed by atoms with Crippen LogP contribution in [0, 0.1) is 6.92 Å². The molecule has 4 aromatic rings. The number of methoxy groups -OCH3 is 1. The zero-order chi connectivity index (χ0) is 23.2. The molecule has 0 saturated heterocycles. The van der Waals surface area contributed by atoms with E-state index in [9.17, 15) is 4.79 Å². The van der Waals surface area contributed by atoms with Crippen LogP contribution in [0.4, 0.5) is 5.13 Å². The number of rotatable bonds is 9. The number of ether oxygens (including phenoxy) is 1. The van der Waals surface area contributed by atoms with Gasteiger partial charge in [0.25, 0.3) is 0 Å². The second kappa shape index (κ2) is 11.0. The molecule has 0 bridgehead atoms. The number of thiazole rings is 1. The molecule has 170 valence electrons. The summed E-state index contributed by atoms with van der Waals surface area (Å²) < 4.78 is 6.18. The number of halogens is 1. The monoisotopic (exact) mass is 497 g/mol. The molecule has 2 aromatic carbocycles. The SMILES string of the molecule is COc1ccc(SCCCC(=O)N(Cc2cccnc2)c2nc3c(C)cc(Cl)cc3s2)cc1. The number of carbonyl (C=O) groups excluding carboxylic acids is 1. The molecule has 0 fully saturated rings. The van der Waals surface area contributed by atoms with E-state index in [0.717, 1.165) is 44.2 Å². The van der Waals surface area contributed by atoms with Crippen molar-refractivity contribution < 1.29 is 9.53 Å². The Balaban J connectivity index is 1.47. The third-order valence-electron chi connectivity index (χ3n) is 5.10. The van der Waals surface area contributed by atoms with Gasteiger partial charge in [-0.3, -0.25) is 14.7 Å². The molecule has 0 aliphatic rings. The number of anilines is 1. The van der Waals surface area contributed by atoms with Crippen LogP contribution < -0.4 is 9.64 Å². The Morgan fingerprint density at radius 3 is 2.76 bits per heavy atom. The Morgan fingerprint density at radius 1 is 1.21 bits per heavy atom. The van der Waals surface area contributed by atoms with Crippen molar-refractivity contribution >= 4 is 56.0 Å². The van der Waals surface area contributed by atoms with Crippen molar-refractivity contribution in [2.24, 2.45) is 0 Å². The molecule has 0 spiro atoms. The molecule has 0 unspecified atom stereocenters. The average Bonchev–Trinajstić information content (AvgIpc) is 3.25. The summed E-state index contributed by atoms with van der Waals surface area (Å²) in [5.74, 6) is 1.75. The minimum atomic E-state index is 0.0528. The summed E-state index contributed by atoms with van der Waals surface area (Å²) in [6, 6.07) is 15.6. The van der Waals surface area contributed by atoms with Crippen LogP contribution in [0.3, 0.4) is 0 Å². The average molecular weight is 498 g/mol. The second-order valence-corrected chi connectivity index (χ2v) is 10.1. The van der Waals surface area contributed by atoms with Gasteiger partial charge in [0.15, 0.2) is 5.13 Å². The fraction of sp³-hybridized carbons (Fsp3) is 0.240. The van der Waals surface area contributed by atoms with E-state index in [1.54, 1.807) is 36.2 Å². The summed E-state index contributed by atoms with van der Waals surface area (Å²) in [6.45, 7) is 2.42. The summed E-state index contributed by atoms with van der Waals surface area (Å²) in [7, 11) is 1.66. The number of amides is 1. The Kier molecular flexibility index (Phi) is 7.85. The lowest BCUT2D eigenvalue weighted by molar-refractivity contribution is -0.118. The minimum Gasteiger partial charge on any atom is -0.497 e. The van der Waals surface area contributed by atoms with Gasteiger partial charge in [0, 0.05) is 28.7 Å². The van der Waals surface area contributed by atoms with Gasteiger partial charge in [0.1, 0.15) is 5.75 Å². The van der Waals surface area contributed by atoms with Crippen LogP contribution in [-0.2, 0) is 11.3 Å². The predicted octanol–water partition coefficient (Wildman–Crippen LogP) is 6.77. The normalized spacial score (nSPS) is 11.0. The lowest BCUT2D eigenvalue weighted by Gasteiger charge is -2.20. The smallest absolute Gasteiger partial charge is 0.229 e. The summed E-state index contributed by atoms with van der Waals surface area (Å²) >= 11 is 9.47. The minimum absolute atomic E-state index is 0.0528. The number of benzene rings is 2. The maximum absolute atomic E-state index is 13.3. The molecule has 0 radical (unpaired) electrons. The first-order valence-corrected chi connectivity index (χ1v) is 12.7. The quantitative estimate of drug-likeness (QED) is 0.189. The molecule has 4 rings (SSSR count). The Morgan fingerprint density at radius 2 is 2.03 bits per heavy atom. The van der Waals surface area contributed by atoms with Crippen molar-refractivity contribution in [3.8, 4) is 5.75 Å². The van der Waals surface area contributed by atoms with E-state index in [1.807, 2.05) is 55.5 Å². The molecule has 5 nitrogen and oxygen atoms in total. The highest BCUT2D eigenvalue weighted by Crippen LogP contribution is 2.34. The van der Waals surface area contributed by atoms with Crippen molar-refractivity contribution in [2.75, 3.05) is 17.8 Å². The fourth-order valence-corrected chi connectivity index (χ4v) is 5.70.